The molecule has 2 N–H and O–H groups in total. The number of carbonyl (C=O) groups excluding carboxylic acids is 1. The molecule has 0 aliphatic rings. The minimum Gasteiger partial charge on any atom is -0.348 e. The molecule has 0 unspecified atom stereocenters. The molecule has 0 saturated carbocycles. The van der Waals surface area contributed by atoms with Crippen molar-refractivity contribution in [3.8, 4) is 5.82 Å². The first-order valence-electron chi connectivity index (χ1n) is 7.73. The number of nitrogens with zero attached hydrogens (tertiary/aromatic N) is 5. The molecule has 1 amide bonds. The van der Waals surface area contributed by atoms with Gasteiger partial charge in [0.2, 0.25) is 0 Å². The first-order valence-corrected chi connectivity index (χ1v) is 7.73. The Balaban J connectivity index is 1.44. The second-order valence-corrected chi connectivity index (χ2v) is 5.62. The van der Waals surface area contributed by atoms with E-state index in [1.807, 2.05) is 29.8 Å². The predicted octanol–water partition coefficient (Wildman–Crippen LogP) is 1.78. The summed E-state index contributed by atoms with van der Waals surface area (Å²) in [7, 11) is 0. The summed E-state index contributed by atoms with van der Waals surface area (Å²) in [6.45, 7) is 2.28. The number of nitrogens with one attached hydrogen (secondary N) is 2. The van der Waals surface area contributed by atoms with E-state index < -0.39 is 0 Å². The van der Waals surface area contributed by atoms with Crippen LogP contribution in [0.3, 0.4) is 0 Å². The molecule has 0 atom stereocenters. The lowest BCUT2D eigenvalue weighted by molar-refractivity contribution is 0.0950. The third-order valence-electron chi connectivity index (χ3n) is 3.89. The minimum atomic E-state index is -0.186. The maximum absolute atomic E-state index is 12.3. The van der Waals surface area contributed by atoms with Crippen molar-refractivity contribution in [3.63, 3.8) is 0 Å². The highest BCUT2D eigenvalue weighted by Gasteiger charge is 2.10. The fourth-order valence-corrected chi connectivity index (χ4v) is 2.50. The first kappa shape index (κ1) is 15.0. The number of aromatic amines is 1. The number of H-pyrrole nitrogens is 1. The van der Waals surface area contributed by atoms with Crippen LogP contribution in [-0.2, 0) is 6.54 Å². The summed E-state index contributed by atoms with van der Waals surface area (Å²) in [6.07, 6.45) is 8.47. The van der Waals surface area contributed by atoms with Gasteiger partial charge in [0.05, 0.1) is 5.56 Å². The summed E-state index contributed by atoms with van der Waals surface area (Å²) in [4.78, 5) is 24.9. The summed E-state index contributed by atoms with van der Waals surface area (Å²) >= 11 is 0. The number of aromatic nitrogens is 6. The van der Waals surface area contributed by atoms with Gasteiger partial charge in [-0.15, -0.1) is 0 Å². The summed E-state index contributed by atoms with van der Waals surface area (Å²) in [5.41, 5.74) is 2.90. The SMILES string of the molecule is Cc1[nH]nc2ncc(C(=O)NCc3ccc(-n4ccnc4)nc3)cc12. The fourth-order valence-electron chi connectivity index (χ4n) is 2.50. The van der Waals surface area contributed by atoms with Crippen molar-refractivity contribution in [2.75, 3.05) is 0 Å². The summed E-state index contributed by atoms with van der Waals surface area (Å²) in [6, 6.07) is 5.59. The Hall–Kier alpha value is -3.55. The van der Waals surface area contributed by atoms with Gasteiger partial charge in [-0.2, -0.15) is 5.10 Å². The lowest BCUT2D eigenvalue weighted by Crippen LogP contribution is -2.23. The second-order valence-electron chi connectivity index (χ2n) is 5.62. The van der Waals surface area contributed by atoms with E-state index in [4.69, 9.17) is 0 Å². The molecule has 8 heteroatoms. The number of pyridine rings is 2. The number of rotatable bonds is 4. The summed E-state index contributed by atoms with van der Waals surface area (Å²) in [5.74, 6) is 0.589. The monoisotopic (exact) mass is 333 g/mol. The lowest BCUT2D eigenvalue weighted by atomic mass is 10.2. The van der Waals surface area contributed by atoms with E-state index in [1.165, 1.54) is 6.20 Å². The number of carbonyl (C=O) groups is 1. The molecule has 4 aromatic heterocycles. The van der Waals surface area contributed by atoms with Gasteiger partial charge in [-0.25, -0.2) is 15.0 Å². The predicted molar refractivity (Wildman–Crippen MR) is 91.2 cm³/mol. The molecule has 0 radical (unpaired) electrons. The van der Waals surface area contributed by atoms with Gasteiger partial charge in [0.15, 0.2) is 5.65 Å². The van der Waals surface area contributed by atoms with E-state index >= 15 is 0 Å². The Morgan fingerprint density at radius 1 is 1.28 bits per heavy atom. The Kier molecular flexibility index (Phi) is 3.70. The van der Waals surface area contributed by atoms with Gasteiger partial charge in [0, 0.05) is 42.4 Å². The van der Waals surface area contributed by atoms with Crippen LogP contribution in [-0.4, -0.2) is 35.6 Å². The fraction of sp³-hybridized carbons (Fsp3) is 0.118. The quantitative estimate of drug-likeness (QED) is 0.593. The molecule has 0 aromatic carbocycles. The molecule has 124 valence electrons. The van der Waals surface area contributed by atoms with E-state index in [9.17, 15) is 4.79 Å². The smallest absolute Gasteiger partial charge is 0.253 e. The zero-order chi connectivity index (χ0) is 17.2. The van der Waals surface area contributed by atoms with E-state index in [-0.39, 0.29) is 5.91 Å². The molecule has 0 bridgehead atoms. The van der Waals surface area contributed by atoms with Crippen LogP contribution in [0.5, 0.6) is 0 Å². The zero-order valence-electron chi connectivity index (χ0n) is 13.5. The number of fused-ring (bicyclic) bond motifs is 1. The average molecular weight is 333 g/mol. The highest BCUT2D eigenvalue weighted by Crippen LogP contribution is 2.14. The van der Waals surface area contributed by atoms with E-state index in [1.54, 1.807) is 24.8 Å². The normalized spacial score (nSPS) is 10.9. The van der Waals surface area contributed by atoms with E-state index in [0.717, 1.165) is 22.5 Å². The number of hydrogen-bond acceptors (Lipinski definition) is 5. The molecule has 0 aliphatic carbocycles. The largest absolute Gasteiger partial charge is 0.348 e. The van der Waals surface area contributed by atoms with Crippen LogP contribution in [0.4, 0.5) is 0 Å². The van der Waals surface area contributed by atoms with Gasteiger partial charge in [-0.1, -0.05) is 6.07 Å². The van der Waals surface area contributed by atoms with E-state index in [0.29, 0.717) is 17.8 Å². The Labute approximate surface area is 143 Å². The van der Waals surface area contributed by atoms with Gasteiger partial charge >= 0.3 is 0 Å². The highest BCUT2D eigenvalue weighted by molar-refractivity contribution is 5.97. The van der Waals surface area contributed by atoms with Gasteiger partial charge in [-0.3, -0.25) is 14.5 Å². The maximum Gasteiger partial charge on any atom is 0.253 e. The molecule has 4 heterocycles. The van der Waals surface area contributed by atoms with Gasteiger partial charge < -0.3 is 5.32 Å². The van der Waals surface area contributed by atoms with Crippen molar-refractivity contribution in [3.05, 3.63) is 66.1 Å². The van der Waals surface area contributed by atoms with Crippen LogP contribution in [0, 0.1) is 6.92 Å². The lowest BCUT2D eigenvalue weighted by Gasteiger charge is -2.06. The third kappa shape index (κ3) is 2.97. The van der Waals surface area contributed by atoms with Crippen LogP contribution >= 0.6 is 0 Å². The highest BCUT2D eigenvalue weighted by atomic mass is 16.1. The molecule has 4 rings (SSSR count). The zero-order valence-corrected chi connectivity index (χ0v) is 13.5. The molecular formula is C17H15N7O. The molecule has 4 aromatic rings. The number of imidazole rings is 1. The summed E-state index contributed by atoms with van der Waals surface area (Å²) < 4.78 is 1.82. The van der Waals surface area contributed by atoms with Crippen LogP contribution in [0.2, 0.25) is 0 Å². The van der Waals surface area contributed by atoms with Crippen LogP contribution in [0.25, 0.3) is 16.9 Å². The van der Waals surface area contributed by atoms with Crippen molar-refractivity contribution in [1.82, 2.24) is 35.0 Å². The van der Waals surface area contributed by atoms with Crippen LogP contribution in [0.15, 0.2) is 49.3 Å². The van der Waals surface area contributed by atoms with Gasteiger partial charge in [0.1, 0.15) is 12.1 Å². The van der Waals surface area contributed by atoms with Crippen molar-refractivity contribution in [2.45, 2.75) is 13.5 Å². The molecule has 25 heavy (non-hydrogen) atoms. The third-order valence-corrected chi connectivity index (χ3v) is 3.89. The van der Waals surface area contributed by atoms with Gasteiger partial charge in [-0.05, 0) is 24.6 Å². The van der Waals surface area contributed by atoms with E-state index in [2.05, 4.69) is 30.5 Å². The molecule has 8 nitrogen and oxygen atoms in total. The summed E-state index contributed by atoms with van der Waals surface area (Å²) in [5, 5.41) is 10.6. The maximum atomic E-state index is 12.3. The molecule has 0 fully saturated rings. The van der Waals surface area contributed by atoms with Crippen molar-refractivity contribution in [1.29, 1.82) is 0 Å². The second kappa shape index (κ2) is 6.16. The molecule has 0 saturated heterocycles. The average Bonchev–Trinajstić information content (AvgIpc) is 3.30. The first-order chi connectivity index (χ1) is 12.2. The van der Waals surface area contributed by atoms with Crippen molar-refractivity contribution >= 4 is 16.9 Å². The van der Waals surface area contributed by atoms with Crippen LogP contribution < -0.4 is 5.32 Å². The molecular weight excluding hydrogens is 318 g/mol. The Morgan fingerprint density at radius 2 is 2.20 bits per heavy atom. The number of aryl methyl sites for hydroxylation is 1. The molecule has 0 aliphatic heterocycles. The Morgan fingerprint density at radius 3 is 2.96 bits per heavy atom. The Bertz CT molecular complexity index is 1020. The minimum absolute atomic E-state index is 0.186. The number of amides is 1. The van der Waals surface area contributed by atoms with Crippen LogP contribution in [0.1, 0.15) is 21.6 Å². The van der Waals surface area contributed by atoms with Crippen molar-refractivity contribution < 1.29 is 4.79 Å². The standard InChI is InChI=1S/C17H15N7O/c1-11-14-6-13(9-20-16(14)23-22-11)17(25)21-8-12-2-3-15(19-7-12)24-5-4-18-10-24/h2-7,9-10H,8H2,1H3,(H,21,25)(H,20,22,23). The topological polar surface area (TPSA) is 101 Å². The molecule has 0 spiro atoms. The van der Waals surface area contributed by atoms with Gasteiger partial charge in [0.25, 0.3) is 5.91 Å². The number of hydrogen-bond donors (Lipinski definition) is 2. The van der Waals surface area contributed by atoms with Crippen molar-refractivity contribution in [2.24, 2.45) is 0 Å².